The fourth-order valence-corrected chi connectivity index (χ4v) is 5.09. The van der Waals surface area contributed by atoms with E-state index in [2.05, 4.69) is 11.4 Å². The highest BCUT2D eigenvalue weighted by Crippen LogP contribution is 2.26. The molecule has 180 valence electrons. The highest BCUT2D eigenvalue weighted by Gasteiger charge is 2.28. The number of methoxy groups -OCH3 is 1. The number of carbonyl (C=O) groups excluding carboxylic acids is 1. The number of hydrogen-bond donors (Lipinski definition) is 1. The van der Waals surface area contributed by atoms with Crippen LogP contribution in [-0.4, -0.2) is 28.0 Å². The topological polar surface area (TPSA) is 75.7 Å². The number of nitrogens with zero attached hydrogens (tertiary/aromatic N) is 1. The van der Waals surface area contributed by atoms with Gasteiger partial charge < -0.3 is 10.1 Å². The summed E-state index contributed by atoms with van der Waals surface area (Å²) in [6, 6.07) is 19.1. The second-order valence-electron chi connectivity index (χ2n) is 8.39. The Bertz CT molecular complexity index is 1240. The molecule has 0 saturated carbocycles. The summed E-state index contributed by atoms with van der Waals surface area (Å²) >= 11 is 0. The highest BCUT2D eigenvalue weighted by molar-refractivity contribution is 7.92. The fourth-order valence-electron chi connectivity index (χ4n) is 3.67. The van der Waals surface area contributed by atoms with Gasteiger partial charge in [-0.05, 0) is 80.3 Å². The van der Waals surface area contributed by atoms with Crippen molar-refractivity contribution >= 4 is 21.6 Å². The molecular weight excluding hydrogens is 448 g/mol. The minimum Gasteiger partial charge on any atom is -0.497 e. The lowest BCUT2D eigenvalue weighted by Crippen LogP contribution is -2.42. The van der Waals surface area contributed by atoms with E-state index >= 15 is 0 Å². The molecule has 0 radical (unpaired) electrons. The second-order valence-corrected chi connectivity index (χ2v) is 10.3. The summed E-state index contributed by atoms with van der Waals surface area (Å²) in [5.41, 5.74) is 4.75. The number of aryl methyl sites for hydroxylation is 3. The van der Waals surface area contributed by atoms with Crippen molar-refractivity contribution in [3.8, 4) is 5.75 Å². The van der Waals surface area contributed by atoms with Crippen LogP contribution in [0.15, 0.2) is 71.6 Å². The number of hydrogen-bond acceptors (Lipinski definition) is 4. The van der Waals surface area contributed by atoms with Crippen LogP contribution in [0.5, 0.6) is 5.75 Å². The summed E-state index contributed by atoms with van der Waals surface area (Å²) in [5.74, 6) is 0.181. The average Bonchev–Trinajstić information content (AvgIpc) is 2.83. The number of amides is 1. The summed E-state index contributed by atoms with van der Waals surface area (Å²) < 4.78 is 33.4. The molecule has 34 heavy (non-hydrogen) atoms. The molecular formula is C27H32N2O4S. The molecule has 6 nitrogen and oxygen atoms in total. The summed E-state index contributed by atoms with van der Waals surface area (Å²) in [6.07, 6.45) is 0.685. The van der Waals surface area contributed by atoms with Crippen LogP contribution in [0, 0.1) is 20.8 Å². The Kier molecular flexibility index (Phi) is 7.99. The van der Waals surface area contributed by atoms with Crippen molar-refractivity contribution < 1.29 is 17.9 Å². The molecule has 0 saturated heterocycles. The Hall–Kier alpha value is -3.32. The van der Waals surface area contributed by atoms with Gasteiger partial charge in [0.25, 0.3) is 10.0 Å². The fraction of sp³-hybridized carbons (Fsp3) is 0.296. The number of rotatable bonds is 9. The van der Waals surface area contributed by atoms with Gasteiger partial charge in [0.15, 0.2) is 0 Å². The van der Waals surface area contributed by atoms with Gasteiger partial charge in [0.1, 0.15) is 12.3 Å². The number of ether oxygens (including phenoxy) is 1. The maximum absolute atomic E-state index is 13.6. The summed E-state index contributed by atoms with van der Waals surface area (Å²) in [4.78, 5) is 13.2. The van der Waals surface area contributed by atoms with Crippen molar-refractivity contribution in [1.29, 1.82) is 0 Å². The molecule has 0 aromatic heterocycles. The van der Waals surface area contributed by atoms with Crippen molar-refractivity contribution in [2.75, 3.05) is 18.0 Å². The molecule has 1 N–H and O–H groups in total. The predicted molar refractivity (Wildman–Crippen MR) is 136 cm³/mol. The molecule has 0 aliphatic heterocycles. The molecule has 0 bridgehead atoms. The molecule has 3 aromatic rings. The molecule has 0 aliphatic carbocycles. The average molecular weight is 481 g/mol. The minimum atomic E-state index is -3.99. The molecule has 1 unspecified atom stereocenters. The number of nitrogens with one attached hydrogen (secondary N) is 1. The van der Waals surface area contributed by atoms with Gasteiger partial charge in [-0.25, -0.2) is 8.42 Å². The van der Waals surface area contributed by atoms with Crippen LogP contribution in [-0.2, 0) is 14.8 Å². The van der Waals surface area contributed by atoms with Crippen LogP contribution in [0.1, 0.15) is 41.6 Å². The SMILES string of the molecule is CCC(NC(=O)CN(c1ccc(C)cc1)S(=O)(=O)c1ccc(OC)cc1)c1ccc(C)c(C)c1. The zero-order chi connectivity index (χ0) is 24.9. The summed E-state index contributed by atoms with van der Waals surface area (Å²) in [5, 5.41) is 3.02. The van der Waals surface area contributed by atoms with Crippen LogP contribution in [0.4, 0.5) is 5.69 Å². The molecule has 1 atom stereocenters. The number of sulfonamides is 1. The lowest BCUT2D eigenvalue weighted by Gasteiger charge is -2.26. The number of carbonyl (C=O) groups is 1. The monoisotopic (exact) mass is 480 g/mol. The van der Waals surface area contributed by atoms with Gasteiger partial charge in [-0.2, -0.15) is 0 Å². The molecule has 0 fully saturated rings. The van der Waals surface area contributed by atoms with E-state index in [0.29, 0.717) is 17.9 Å². The molecule has 0 spiro atoms. The quantitative estimate of drug-likeness (QED) is 0.463. The molecule has 3 rings (SSSR count). The third-order valence-electron chi connectivity index (χ3n) is 5.93. The molecule has 0 aliphatic rings. The number of anilines is 1. The third kappa shape index (κ3) is 5.78. The van der Waals surface area contributed by atoms with E-state index < -0.39 is 10.0 Å². The highest BCUT2D eigenvalue weighted by atomic mass is 32.2. The molecule has 7 heteroatoms. The molecule has 0 heterocycles. The zero-order valence-corrected chi connectivity index (χ0v) is 21.1. The van der Waals surface area contributed by atoms with E-state index in [1.165, 1.54) is 24.8 Å². The minimum absolute atomic E-state index is 0.0860. The zero-order valence-electron chi connectivity index (χ0n) is 20.3. The maximum Gasteiger partial charge on any atom is 0.264 e. The van der Waals surface area contributed by atoms with Gasteiger partial charge in [-0.1, -0.05) is 42.8 Å². The van der Waals surface area contributed by atoms with Crippen molar-refractivity contribution in [3.05, 3.63) is 89.0 Å². The first-order valence-corrected chi connectivity index (χ1v) is 12.7. The van der Waals surface area contributed by atoms with Gasteiger partial charge in [-0.15, -0.1) is 0 Å². The van der Waals surface area contributed by atoms with Crippen LogP contribution in [0.3, 0.4) is 0 Å². The van der Waals surface area contributed by atoms with E-state index in [0.717, 1.165) is 21.0 Å². The lowest BCUT2D eigenvalue weighted by molar-refractivity contribution is -0.120. The normalized spacial score (nSPS) is 12.1. The van der Waals surface area contributed by atoms with Gasteiger partial charge >= 0.3 is 0 Å². The largest absolute Gasteiger partial charge is 0.497 e. The van der Waals surface area contributed by atoms with E-state index in [1.807, 2.05) is 52.0 Å². The van der Waals surface area contributed by atoms with E-state index in [9.17, 15) is 13.2 Å². The van der Waals surface area contributed by atoms with E-state index in [-0.39, 0.29) is 23.4 Å². The van der Waals surface area contributed by atoms with Gasteiger partial charge in [0.05, 0.1) is 23.7 Å². The van der Waals surface area contributed by atoms with Gasteiger partial charge in [-0.3, -0.25) is 9.10 Å². The van der Waals surface area contributed by atoms with Crippen LogP contribution in [0.2, 0.25) is 0 Å². The smallest absolute Gasteiger partial charge is 0.264 e. The Morgan fingerprint density at radius 3 is 2.15 bits per heavy atom. The first kappa shape index (κ1) is 25.3. The Morgan fingerprint density at radius 2 is 1.59 bits per heavy atom. The third-order valence-corrected chi connectivity index (χ3v) is 7.72. The van der Waals surface area contributed by atoms with E-state index in [1.54, 1.807) is 24.3 Å². The first-order chi connectivity index (χ1) is 16.1. The van der Waals surface area contributed by atoms with Crippen molar-refractivity contribution in [2.45, 2.75) is 45.1 Å². The van der Waals surface area contributed by atoms with Crippen LogP contribution < -0.4 is 14.4 Å². The second kappa shape index (κ2) is 10.7. The van der Waals surface area contributed by atoms with Crippen molar-refractivity contribution in [3.63, 3.8) is 0 Å². The van der Waals surface area contributed by atoms with Gasteiger partial charge in [0.2, 0.25) is 5.91 Å². The maximum atomic E-state index is 13.6. The lowest BCUT2D eigenvalue weighted by atomic mass is 9.99. The number of benzene rings is 3. The first-order valence-electron chi connectivity index (χ1n) is 11.3. The predicted octanol–water partition coefficient (Wildman–Crippen LogP) is 5.08. The Balaban J connectivity index is 1.90. The Morgan fingerprint density at radius 1 is 0.941 bits per heavy atom. The van der Waals surface area contributed by atoms with Crippen LogP contribution >= 0.6 is 0 Å². The summed E-state index contributed by atoms with van der Waals surface area (Å²) in [6.45, 7) is 7.66. The Labute approximate surface area is 202 Å². The molecule has 1 amide bonds. The van der Waals surface area contributed by atoms with Crippen molar-refractivity contribution in [1.82, 2.24) is 5.32 Å². The molecule has 3 aromatic carbocycles. The van der Waals surface area contributed by atoms with Gasteiger partial charge in [0, 0.05) is 0 Å². The van der Waals surface area contributed by atoms with Crippen molar-refractivity contribution in [2.24, 2.45) is 0 Å². The van der Waals surface area contributed by atoms with Crippen LogP contribution in [0.25, 0.3) is 0 Å². The summed E-state index contributed by atoms with van der Waals surface area (Å²) in [7, 11) is -2.47. The van der Waals surface area contributed by atoms with E-state index in [4.69, 9.17) is 4.74 Å². The standard InChI is InChI=1S/C27H32N2O4S/c1-6-26(22-10-9-20(3)21(4)17-22)28-27(30)18-29(23-11-7-19(2)8-12-23)34(31,32)25-15-13-24(33-5)14-16-25/h7-17,26H,6,18H2,1-5H3,(H,28,30).